The number of amides is 2. The predicted molar refractivity (Wildman–Crippen MR) is 85.2 cm³/mol. The SMILES string of the molecule is Cc1cc(CCNC(=O)N2CCCC(C(=O)O)C2)ccc1Cl. The third-order valence-corrected chi connectivity index (χ3v) is 4.39. The van der Waals surface area contributed by atoms with Crippen LogP contribution in [0.3, 0.4) is 0 Å². The van der Waals surface area contributed by atoms with Gasteiger partial charge in [-0.2, -0.15) is 0 Å². The number of urea groups is 1. The largest absolute Gasteiger partial charge is 0.481 e. The summed E-state index contributed by atoms with van der Waals surface area (Å²) in [5.74, 6) is -1.27. The van der Waals surface area contributed by atoms with Crippen molar-refractivity contribution in [3.05, 3.63) is 34.3 Å². The van der Waals surface area contributed by atoms with Crippen LogP contribution in [0.2, 0.25) is 5.02 Å². The van der Waals surface area contributed by atoms with Crippen LogP contribution in [0, 0.1) is 12.8 Å². The normalized spacial score (nSPS) is 18.1. The van der Waals surface area contributed by atoms with Gasteiger partial charge in [0, 0.05) is 24.7 Å². The minimum absolute atomic E-state index is 0.184. The molecule has 22 heavy (non-hydrogen) atoms. The first-order valence-electron chi connectivity index (χ1n) is 7.48. The van der Waals surface area contributed by atoms with Crippen LogP contribution in [0.25, 0.3) is 0 Å². The number of likely N-dealkylation sites (tertiary alicyclic amines) is 1. The summed E-state index contributed by atoms with van der Waals surface area (Å²) in [6.45, 7) is 3.38. The topological polar surface area (TPSA) is 69.6 Å². The van der Waals surface area contributed by atoms with Gasteiger partial charge < -0.3 is 15.3 Å². The van der Waals surface area contributed by atoms with Crippen molar-refractivity contribution in [1.29, 1.82) is 0 Å². The molecular weight excluding hydrogens is 304 g/mol. The molecule has 120 valence electrons. The quantitative estimate of drug-likeness (QED) is 0.894. The number of aryl methyl sites for hydroxylation is 1. The van der Waals surface area contributed by atoms with Gasteiger partial charge in [-0.05, 0) is 43.4 Å². The molecule has 1 aromatic carbocycles. The summed E-state index contributed by atoms with van der Waals surface area (Å²) in [5, 5.41) is 12.6. The summed E-state index contributed by atoms with van der Waals surface area (Å²) < 4.78 is 0. The number of halogens is 1. The number of benzene rings is 1. The van der Waals surface area contributed by atoms with Crippen LogP contribution in [-0.4, -0.2) is 41.6 Å². The van der Waals surface area contributed by atoms with Crippen LogP contribution < -0.4 is 5.32 Å². The first-order chi connectivity index (χ1) is 10.5. The molecule has 2 amide bonds. The maximum atomic E-state index is 12.1. The number of aliphatic carboxylic acids is 1. The smallest absolute Gasteiger partial charge is 0.317 e. The molecule has 1 heterocycles. The van der Waals surface area contributed by atoms with Crippen LogP contribution in [0.15, 0.2) is 18.2 Å². The predicted octanol–water partition coefficient (Wildman–Crippen LogP) is 2.70. The van der Waals surface area contributed by atoms with Crippen molar-refractivity contribution in [3.63, 3.8) is 0 Å². The Morgan fingerprint density at radius 3 is 2.91 bits per heavy atom. The van der Waals surface area contributed by atoms with Crippen molar-refractivity contribution in [2.45, 2.75) is 26.2 Å². The van der Waals surface area contributed by atoms with Gasteiger partial charge in [0.05, 0.1) is 5.92 Å². The highest BCUT2D eigenvalue weighted by atomic mass is 35.5. The van der Waals surface area contributed by atoms with E-state index in [1.165, 1.54) is 0 Å². The molecule has 0 bridgehead atoms. The first-order valence-corrected chi connectivity index (χ1v) is 7.86. The Bertz CT molecular complexity index is 562. The minimum Gasteiger partial charge on any atom is -0.481 e. The standard InChI is InChI=1S/C16H21ClN2O3/c1-11-9-12(4-5-14(11)17)6-7-18-16(22)19-8-2-3-13(10-19)15(20)21/h4-5,9,13H,2-3,6-8,10H2,1H3,(H,18,22)(H,20,21). The zero-order chi connectivity index (χ0) is 16.1. The van der Waals surface area contributed by atoms with Crippen LogP contribution in [0.1, 0.15) is 24.0 Å². The highest BCUT2D eigenvalue weighted by Crippen LogP contribution is 2.17. The van der Waals surface area contributed by atoms with E-state index in [0.29, 0.717) is 26.1 Å². The summed E-state index contributed by atoms with van der Waals surface area (Å²) in [4.78, 5) is 24.7. The molecule has 1 fully saturated rings. The van der Waals surface area contributed by atoms with E-state index in [1.54, 1.807) is 4.90 Å². The van der Waals surface area contributed by atoms with Crippen LogP contribution in [-0.2, 0) is 11.2 Å². The summed E-state index contributed by atoms with van der Waals surface area (Å²) in [6.07, 6.45) is 2.10. The fourth-order valence-corrected chi connectivity index (χ4v) is 2.77. The average Bonchev–Trinajstić information content (AvgIpc) is 2.51. The van der Waals surface area contributed by atoms with E-state index < -0.39 is 11.9 Å². The molecule has 1 atom stereocenters. The first kappa shape index (κ1) is 16.6. The van der Waals surface area contributed by atoms with Crippen molar-refractivity contribution >= 4 is 23.6 Å². The maximum Gasteiger partial charge on any atom is 0.317 e. The summed E-state index contributed by atoms with van der Waals surface area (Å²) >= 11 is 5.98. The lowest BCUT2D eigenvalue weighted by Gasteiger charge is -2.30. The Morgan fingerprint density at radius 1 is 1.45 bits per heavy atom. The Morgan fingerprint density at radius 2 is 2.23 bits per heavy atom. The van der Waals surface area contributed by atoms with Crippen molar-refractivity contribution < 1.29 is 14.7 Å². The Balaban J connectivity index is 1.79. The highest BCUT2D eigenvalue weighted by Gasteiger charge is 2.27. The van der Waals surface area contributed by atoms with Crippen molar-refractivity contribution in [1.82, 2.24) is 10.2 Å². The fraction of sp³-hybridized carbons (Fsp3) is 0.500. The van der Waals surface area contributed by atoms with E-state index in [1.807, 2.05) is 25.1 Å². The molecule has 0 aromatic heterocycles. The molecule has 1 aromatic rings. The van der Waals surface area contributed by atoms with Gasteiger partial charge in [0.1, 0.15) is 0 Å². The second-order valence-electron chi connectivity index (χ2n) is 5.69. The lowest BCUT2D eigenvalue weighted by molar-refractivity contribution is -0.143. The van der Waals surface area contributed by atoms with E-state index in [2.05, 4.69) is 5.32 Å². The zero-order valence-corrected chi connectivity index (χ0v) is 13.4. The van der Waals surface area contributed by atoms with Gasteiger partial charge in [0.25, 0.3) is 0 Å². The number of carbonyl (C=O) groups is 2. The minimum atomic E-state index is -0.825. The average molecular weight is 325 g/mol. The van der Waals surface area contributed by atoms with E-state index in [0.717, 1.165) is 29.0 Å². The number of carboxylic acids is 1. The molecule has 5 nitrogen and oxygen atoms in total. The summed E-state index contributed by atoms with van der Waals surface area (Å²) in [6, 6.07) is 5.63. The number of piperidine rings is 1. The van der Waals surface area contributed by atoms with Gasteiger partial charge >= 0.3 is 12.0 Å². The molecule has 0 aliphatic carbocycles. The number of carboxylic acid groups (broad SMARTS) is 1. The summed E-state index contributed by atoms with van der Waals surface area (Å²) in [5.41, 5.74) is 2.13. The Labute approximate surface area is 135 Å². The second kappa shape index (κ2) is 7.49. The number of carbonyl (C=O) groups excluding carboxylic acids is 1. The van der Waals surface area contributed by atoms with Crippen LogP contribution >= 0.6 is 11.6 Å². The van der Waals surface area contributed by atoms with Gasteiger partial charge in [-0.25, -0.2) is 4.79 Å². The molecule has 6 heteroatoms. The van der Waals surface area contributed by atoms with Crippen LogP contribution in [0.4, 0.5) is 4.79 Å². The van der Waals surface area contributed by atoms with Gasteiger partial charge in [0.15, 0.2) is 0 Å². The van der Waals surface area contributed by atoms with Crippen molar-refractivity contribution in [3.8, 4) is 0 Å². The van der Waals surface area contributed by atoms with Gasteiger partial charge in [-0.3, -0.25) is 4.79 Å². The van der Waals surface area contributed by atoms with Crippen molar-refractivity contribution in [2.75, 3.05) is 19.6 Å². The van der Waals surface area contributed by atoms with Crippen LogP contribution in [0.5, 0.6) is 0 Å². The number of nitrogens with one attached hydrogen (secondary N) is 1. The van der Waals surface area contributed by atoms with E-state index in [4.69, 9.17) is 16.7 Å². The molecule has 0 saturated carbocycles. The lowest BCUT2D eigenvalue weighted by atomic mass is 9.99. The third-order valence-electron chi connectivity index (χ3n) is 3.97. The van der Waals surface area contributed by atoms with E-state index >= 15 is 0 Å². The molecule has 0 spiro atoms. The molecule has 1 aliphatic heterocycles. The molecule has 2 N–H and O–H groups in total. The molecule has 2 rings (SSSR count). The molecule has 1 saturated heterocycles. The zero-order valence-electron chi connectivity index (χ0n) is 12.6. The molecule has 1 unspecified atom stereocenters. The molecule has 0 radical (unpaired) electrons. The Kier molecular flexibility index (Phi) is 5.66. The maximum absolute atomic E-state index is 12.1. The van der Waals surface area contributed by atoms with E-state index in [9.17, 15) is 9.59 Å². The highest BCUT2D eigenvalue weighted by molar-refractivity contribution is 6.31. The van der Waals surface area contributed by atoms with Gasteiger partial charge in [-0.15, -0.1) is 0 Å². The fourth-order valence-electron chi connectivity index (χ4n) is 2.65. The van der Waals surface area contributed by atoms with Gasteiger partial charge in [0.2, 0.25) is 0 Å². The summed E-state index contributed by atoms with van der Waals surface area (Å²) in [7, 11) is 0. The van der Waals surface area contributed by atoms with Gasteiger partial charge in [-0.1, -0.05) is 23.7 Å². The number of hydrogen-bond acceptors (Lipinski definition) is 2. The number of hydrogen-bond donors (Lipinski definition) is 2. The van der Waals surface area contributed by atoms with Crippen molar-refractivity contribution in [2.24, 2.45) is 5.92 Å². The monoisotopic (exact) mass is 324 g/mol. The lowest BCUT2D eigenvalue weighted by Crippen LogP contribution is -2.47. The molecule has 1 aliphatic rings. The molecular formula is C16H21ClN2O3. The number of rotatable bonds is 4. The number of nitrogens with zero attached hydrogens (tertiary/aromatic N) is 1. The van der Waals surface area contributed by atoms with E-state index in [-0.39, 0.29) is 6.03 Å². The third kappa shape index (κ3) is 4.37. The Hall–Kier alpha value is -1.75. The second-order valence-corrected chi connectivity index (χ2v) is 6.10.